The molecule has 2 rings (SSSR count). The van der Waals surface area contributed by atoms with Gasteiger partial charge < -0.3 is 5.32 Å². The number of aryl methyl sites for hydroxylation is 2. The zero-order chi connectivity index (χ0) is 16.3. The van der Waals surface area contributed by atoms with Gasteiger partial charge >= 0.3 is 12.2 Å². The number of hydrogen-bond acceptors (Lipinski definition) is 2. The highest BCUT2D eigenvalue weighted by Gasteiger charge is 2.31. The molecule has 0 aliphatic carbocycles. The molecule has 0 saturated heterocycles. The minimum atomic E-state index is -4.49. The zero-order valence-electron chi connectivity index (χ0n) is 12.0. The molecule has 4 nitrogen and oxygen atoms in total. The number of hydrogen-bond donors (Lipinski definition) is 2. The van der Waals surface area contributed by atoms with Crippen molar-refractivity contribution in [1.82, 2.24) is 4.98 Å². The molecular weight excluding hydrogens is 295 g/mol. The number of urea groups is 1. The first-order chi connectivity index (χ1) is 10.2. The molecule has 0 radical (unpaired) electrons. The number of amides is 2. The van der Waals surface area contributed by atoms with Crippen molar-refractivity contribution in [2.75, 3.05) is 10.6 Å². The number of benzene rings is 1. The highest BCUT2D eigenvalue weighted by atomic mass is 19.4. The SMILES string of the molecule is Cc1ccc(NC(=O)Nc2cc(C(F)(F)F)cc(C)n2)cc1. The zero-order valence-corrected chi connectivity index (χ0v) is 12.0. The second kappa shape index (κ2) is 6.05. The van der Waals surface area contributed by atoms with E-state index in [1.54, 1.807) is 12.1 Å². The second-order valence-corrected chi connectivity index (χ2v) is 4.83. The van der Waals surface area contributed by atoms with Crippen molar-refractivity contribution < 1.29 is 18.0 Å². The highest BCUT2D eigenvalue weighted by Crippen LogP contribution is 2.30. The van der Waals surface area contributed by atoms with E-state index in [-0.39, 0.29) is 11.5 Å². The number of carbonyl (C=O) groups excluding carboxylic acids is 1. The van der Waals surface area contributed by atoms with Crippen LogP contribution in [0.3, 0.4) is 0 Å². The Morgan fingerprint density at radius 3 is 2.27 bits per heavy atom. The minimum absolute atomic E-state index is 0.156. The molecule has 2 amide bonds. The third-order valence-corrected chi connectivity index (χ3v) is 2.83. The summed E-state index contributed by atoms with van der Waals surface area (Å²) in [6.07, 6.45) is -4.49. The van der Waals surface area contributed by atoms with Gasteiger partial charge in [0.15, 0.2) is 0 Å². The lowest BCUT2D eigenvalue weighted by Gasteiger charge is -2.11. The van der Waals surface area contributed by atoms with Gasteiger partial charge in [-0.2, -0.15) is 13.2 Å². The van der Waals surface area contributed by atoms with Gasteiger partial charge in [-0.25, -0.2) is 9.78 Å². The predicted octanol–water partition coefficient (Wildman–Crippen LogP) is 4.36. The number of nitrogens with one attached hydrogen (secondary N) is 2. The van der Waals surface area contributed by atoms with E-state index in [4.69, 9.17) is 0 Å². The first-order valence-electron chi connectivity index (χ1n) is 6.44. The van der Waals surface area contributed by atoms with Crippen LogP contribution in [0.15, 0.2) is 36.4 Å². The molecule has 0 aliphatic rings. The molecule has 1 aromatic heterocycles. The van der Waals surface area contributed by atoms with E-state index in [0.717, 1.165) is 17.7 Å². The summed E-state index contributed by atoms with van der Waals surface area (Å²) in [7, 11) is 0. The Morgan fingerprint density at radius 2 is 1.68 bits per heavy atom. The lowest BCUT2D eigenvalue weighted by Crippen LogP contribution is -2.21. The fourth-order valence-electron chi connectivity index (χ4n) is 1.81. The largest absolute Gasteiger partial charge is 0.416 e. The smallest absolute Gasteiger partial charge is 0.308 e. The van der Waals surface area contributed by atoms with Gasteiger partial charge in [0.2, 0.25) is 0 Å². The van der Waals surface area contributed by atoms with Crippen molar-refractivity contribution in [1.29, 1.82) is 0 Å². The van der Waals surface area contributed by atoms with Crippen LogP contribution in [-0.4, -0.2) is 11.0 Å². The van der Waals surface area contributed by atoms with E-state index in [2.05, 4.69) is 15.6 Å². The quantitative estimate of drug-likeness (QED) is 0.866. The van der Waals surface area contributed by atoms with Crippen LogP contribution < -0.4 is 10.6 Å². The maximum atomic E-state index is 12.7. The third kappa shape index (κ3) is 4.21. The average molecular weight is 309 g/mol. The summed E-state index contributed by atoms with van der Waals surface area (Å²) in [6.45, 7) is 3.33. The van der Waals surface area contributed by atoms with Gasteiger partial charge in [-0.15, -0.1) is 0 Å². The van der Waals surface area contributed by atoms with E-state index in [1.165, 1.54) is 6.92 Å². The van der Waals surface area contributed by atoms with E-state index < -0.39 is 17.8 Å². The van der Waals surface area contributed by atoms with Crippen LogP contribution >= 0.6 is 0 Å². The Morgan fingerprint density at radius 1 is 1.05 bits per heavy atom. The maximum absolute atomic E-state index is 12.7. The van der Waals surface area contributed by atoms with Gasteiger partial charge in [0, 0.05) is 11.4 Å². The van der Waals surface area contributed by atoms with E-state index in [1.807, 2.05) is 19.1 Å². The summed E-state index contributed by atoms with van der Waals surface area (Å²) >= 11 is 0. The Hall–Kier alpha value is -2.57. The molecular formula is C15H14F3N3O. The normalized spacial score (nSPS) is 11.1. The van der Waals surface area contributed by atoms with Crippen molar-refractivity contribution in [2.24, 2.45) is 0 Å². The second-order valence-electron chi connectivity index (χ2n) is 4.83. The van der Waals surface area contributed by atoms with Crippen molar-refractivity contribution in [3.63, 3.8) is 0 Å². The number of halogens is 3. The molecule has 1 heterocycles. The summed E-state index contributed by atoms with van der Waals surface area (Å²) in [5.74, 6) is -0.156. The Labute approximate surface area is 125 Å². The van der Waals surface area contributed by atoms with Crippen LogP contribution in [0.2, 0.25) is 0 Å². The highest BCUT2D eigenvalue weighted by molar-refractivity contribution is 5.99. The van der Waals surface area contributed by atoms with Crippen LogP contribution in [0.25, 0.3) is 0 Å². The standard InChI is InChI=1S/C15H14F3N3O/c1-9-3-5-12(6-4-9)20-14(22)21-13-8-11(15(16,17)18)7-10(2)19-13/h3-8H,1-2H3,(H2,19,20,21,22). The van der Waals surface area contributed by atoms with Crippen LogP contribution in [0, 0.1) is 13.8 Å². The molecule has 2 N–H and O–H groups in total. The molecule has 0 atom stereocenters. The van der Waals surface area contributed by atoms with Crippen LogP contribution in [0.1, 0.15) is 16.8 Å². The third-order valence-electron chi connectivity index (χ3n) is 2.83. The first-order valence-corrected chi connectivity index (χ1v) is 6.44. The van der Waals surface area contributed by atoms with E-state index in [0.29, 0.717) is 5.69 Å². The predicted molar refractivity (Wildman–Crippen MR) is 77.8 cm³/mol. The minimum Gasteiger partial charge on any atom is -0.308 e. The van der Waals surface area contributed by atoms with Crippen molar-refractivity contribution >= 4 is 17.5 Å². The number of anilines is 2. The number of rotatable bonds is 2. The summed E-state index contributed by atoms with van der Waals surface area (Å²) in [5.41, 5.74) is 0.874. The van der Waals surface area contributed by atoms with Gasteiger partial charge in [-0.05, 0) is 38.1 Å². The fraction of sp³-hybridized carbons (Fsp3) is 0.200. The van der Waals surface area contributed by atoms with Crippen molar-refractivity contribution in [3.05, 3.63) is 53.2 Å². The van der Waals surface area contributed by atoms with Crippen LogP contribution in [0.5, 0.6) is 0 Å². The molecule has 22 heavy (non-hydrogen) atoms. The molecule has 0 bridgehead atoms. The topological polar surface area (TPSA) is 54.0 Å². The summed E-state index contributed by atoms with van der Waals surface area (Å²) in [6, 6.07) is 8.06. The Bertz CT molecular complexity index is 681. The molecule has 0 unspecified atom stereocenters. The van der Waals surface area contributed by atoms with Gasteiger partial charge in [-0.3, -0.25) is 5.32 Å². The Balaban J connectivity index is 2.11. The molecule has 0 fully saturated rings. The lowest BCUT2D eigenvalue weighted by molar-refractivity contribution is -0.137. The fourth-order valence-corrected chi connectivity index (χ4v) is 1.81. The Kier molecular flexibility index (Phi) is 4.35. The van der Waals surface area contributed by atoms with Crippen LogP contribution in [-0.2, 0) is 6.18 Å². The lowest BCUT2D eigenvalue weighted by atomic mass is 10.2. The van der Waals surface area contributed by atoms with Crippen molar-refractivity contribution in [2.45, 2.75) is 20.0 Å². The van der Waals surface area contributed by atoms with Gasteiger partial charge in [0.25, 0.3) is 0 Å². The molecule has 0 saturated carbocycles. The molecule has 7 heteroatoms. The molecule has 0 spiro atoms. The molecule has 0 aliphatic heterocycles. The first kappa shape index (κ1) is 15.8. The summed E-state index contributed by atoms with van der Waals surface area (Å²) in [4.78, 5) is 15.7. The molecule has 1 aromatic carbocycles. The van der Waals surface area contributed by atoms with Crippen molar-refractivity contribution in [3.8, 4) is 0 Å². The van der Waals surface area contributed by atoms with E-state index >= 15 is 0 Å². The van der Waals surface area contributed by atoms with E-state index in [9.17, 15) is 18.0 Å². The van der Waals surface area contributed by atoms with Gasteiger partial charge in [0.05, 0.1) is 5.56 Å². The average Bonchev–Trinajstić information content (AvgIpc) is 2.39. The summed E-state index contributed by atoms with van der Waals surface area (Å²) < 4.78 is 38.1. The number of carbonyl (C=O) groups is 1. The van der Waals surface area contributed by atoms with Gasteiger partial charge in [0.1, 0.15) is 5.82 Å². The number of pyridine rings is 1. The number of nitrogens with zero attached hydrogens (tertiary/aromatic N) is 1. The van der Waals surface area contributed by atoms with Gasteiger partial charge in [-0.1, -0.05) is 17.7 Å². The molecule has 116 valence electrons. The van der Waals surface area contributed by atoms with Crippen LogP contribution in [0.4, 0.5) is 29.5 Å². The monoisotopic (exact) mass is 309 g/mol. The summed E-state index contributed by atoms with van der Waals surface area (Å²) in [5, 5.41) is 4.82. The maximum Gasteiger partial charge on any atom is 0.416 e. The number of aromatic nitrogens is 1. The number of alkyl halides is 3. The molecule has 2 aromatic rings.